The maximum Gasteiger partial charge on any atom is 0.339 e. The van der Waals surface area contributed by atoms with Gasteiger partial charge in [0.2, 0.25) is 0 Å². The molecule has 0 spiro atoms. The van der Waals surface area contributed by atoms with E-state index in [1.54, 1.807) is 18.2 Å². The second-order valence-electron chi connectivity index (χ2n) is 11.1. The fraction of sp³-hybridized carbons (Fsp3) is 0.394. The summed E-state index contributed by atoms with van der Waals surface area (Å²) in [7, 11) is 1.34. The van der Waals surface area contributed by atoms with Crippen LogP contribution in [0.1, 0.15) is 37.5 Å². The van der Waals surface area contributed by atoms with Crippen LogP contribution in [0.2, 0.25) is 0 Å². The smallest absolute Gasteiger partial charge is 0.339 e. The zero-order valence-corrected chi connectivity index (χ0v) is 23.9. The summed E-state index contributed by atoms with van der Waals surface area (Å²) in [6.07, 6.45) is 2.75. The van der Waals surface area contributed by atoms with Crippen LogP contribution in [-0.2, 0) is 40.1 Å². The van der Waals surface area contributed by atoms with Crippen LogP contribution in [-0.4, -0.2) is 85.0 Å². The van der Waals surface area contributed by atoms with E-state index in [1.807, 2.05) is 21.6 Å². The van der Waals surface area contributed by atoms with Crippen molar-refractivity contribution in [1.29, 1.82) is 0 Å². The summed E-state index contributed by atoms with van der Waals surface area (Å²) in [6.45, 7) is 8.78. The van der Waals surface area contributed by atoms with Gasteiger partial charge in [0.1, 0.15) is 5.82 Å². The Kier molecular flexibility index (Phi) is 8.24. The Morgan fingerprint density at radius 3 is 2.62 bits per heavy atom. The molecule has 0 N–H and O–H groups in total. The molecule has 0 saturated carbocycles. The van der Waals surface area contributed by atoms with Gasteiger partial charge in [-0.05, 0) is 41.8 Å². The van der Waals surface area contributed by atoms with Gasteiger partial charge in [-0.1, -0.05) is 30.3 Å². The predicted octanol–water partition coefficient (Wildman–Crippen LogP) is 4.11. The molecule has 0 bridgehead atoms. The summed E-state index contributed by atoms with van der Waals surface area (Å²) >= 11 is 0. The second kappa shape index (κ2) is 12.2. The van der Waals surface area contributed by atoms with Crippen molar-refractivity contribution in [2.75, 3.05) is 46.6 Å². The summed E-state index contributed by atoms with van der Waals surface area (Å²) in [5.74, 6) is -1.09. The quantitative estimate of drug-likeness (QED) is 0.299. The highest BCUT2D eigenvalue weighted by molar-refractivity contribution is 6.02. The molecule has 0 unspecified atom stereocenters. The van der Waals surface area contributed by atoms with Crippen molar-refractivity contribution in [1.82, 2.24) is 14.4 Å². The number of carbonyl (C=O) groups is 2. The maximum atomic E-state index is 14.9. The molecule has 9 heteroatoms. The van der Waals surface area contributed by atoms with Crippen LogP contribution in [0.5, 0.6) is 0 Å². The van der Waals surface area contributed by atoms with Gasteiger partial charge in [0.05, 0.1) is 44.3 Å². The van der Waals surface area contributed by atoms with E-state index in [4.69, 9.17) is 14.2 Å². The molecule has 0 aliphatic carbocycles. The van der Waals surface area contributed by atoms with Crippen molar-refractivity contribution in [2.24, 2.45) is 0 Å². The van der Waals surface area contributed by atoms with E-state index in [0.717, 1.165) is 37.3 Å². The molecular weight excluding hydrogens is 537 g/mol. The molecule has 0 radical (unpaired) electrons. The summed E-state index contributed by atoms with van der Waals surface area (Å²) in [6, 6.07) is 14.2. The molecule has 6 rings (SSSR count). The van der Waals surface area contributed by atoms with E-state index < -0.39 is 11.8 Å². The summed E-state index contributed by atoms with van der Waals surface area (Å²) in [5, 5.41) is 0. The second-order valence-corrected chi connectivity index (χ2v) is 11.1. The fourth-order valence-electron chi connectivity index (χ4n) is 6.47. The Hall–Kier alpha value is -3.79. The molecule has 220 valence electrons. The number of nitrogens with zero attached hydrogens (tertiary/aromatic N) is 3. The predicted molar refractivity (Wildman–Crippen MR) is 156 cm³/mol. The third-order valence-electron chi connectivity index (χ3n) is 8.55. The third kappa shape index (κ3) is 5.52. The highest BCUT2D eigenvalue weighted by atomic mass is 19.1. The largest absolute Gasteiger partial charge is 0.465 e. The van der Waals surface area contributed by atoms with E-state index >= 15 is 0 Å². The summed E-state index contributed by atoms with van der Waals surface area (Å²) in [4.78, 5) is 31.5. The zero-order valence-electron chi connectivity index (χ0n) is 23.9. The van der Waals surface area contributed by atoms with Crippen LogP contribution in [0.15, 0.2) is 61.2 Å². The minimum atomic E-state index is -0.475. The fourth-order valence-corrected chi connectivity index (χ4v) is 6.47. The summed E-state index contributed by atoms with van der Waals surface area (Å²) in [5.41, 5.74) is 4.96. The molecule has 1 aromatic heterocycles. The average molecular weight is 574 g/mol. The van der Waals surface area contributed by atoms with Gasteiger partial charge in [0.15, 0.2) is 0 Å². The number of fused-ring (bicyclic) bond motifs is 2. The molecule has 3 aromatic rings. The van der Waals surface area contributed by atoms with E-state index in [1.165, 1.54) is 24.8 Å². The monoisotopic (exact) mass is 573 g/mol. The van der Waals surface area contributed by atoms with Crippen LogP contribution in [0.3, 0.4) is 0 Å². The number of rotatable bonds is 8. The van der Waals surface area contributed by atoms with Crippen molar-refractivity contribution in [3.8, 4) is 11.3 Å². The first-order valence-electron chi connectivity index (χ1n) is 14.5. The average Bonchev–Trinajstić information content (AvgIpc) is 3.58. The number of amides is 1. The number of hydrogen-bond donors (Lipinski definition) is 0. The molecule has 1 saturated heterocycles. The minimum Gasteiger partial charge on any atom is -0.465 e. The van der Waals surface area contributed by atoms with E-state index in [0.29, 0.717) is 61.7 Å². The number of carbonyl (C=O) groups excluding carboxylic acids is 2. The van der Waals surface area contributed by atoms with Crippen LogP contribution in [0, 0.1) is 5.82 Å². The lowest BCUT2D eigenvalue weighted by Crippen LogP contribution is -2.52. The Morgan fingerprint density at radius 1 is 1.07 bits per heavy atom. The number of esters is 1. The topological polar surface area (TPSA) is 73.2 Å². The van der Waals surface area contributed by atoms with Crippen molar-refractivity contribution in [2.45, 2.75) is 38.1 Å². The number of morpholine rings is 1. The standard InChI is InChI=1S/C33H36FN3O5/c1-3-12-42-26-17-30-29(33(39)40-2)18-31(37(30)21-26)28-16-24(34)8-9-27(28)32(38)36-19-23-7-5-4-6-22(23)15-25(36)20-35-10-13-41-14-11-35/h3-9,16,18,25-26H,1,10-15,17,19-21H2,2H3/t25-,26+/m0/s1. The minimum absolute atomic E-state index is 0.0521. The maximum absolute atomic E-state index is 14.9. The number of aromatic nitrogens is 1. The highest BCUT2D eigenvalue weighted by Gasteiger charge is 2.35. The van der Waals surface area contributed by atoms with Gasteiger partial charge in [0.25, 0.3) is 5.91 Å². The Bertz CT molecular complexity index is 1490. The molecule has 42 heavy (non-hydrogen) atoms. The lowest BCUT2D eigenvalue weighted by molar-refractivity contribution is 0.0193. The number of hydrogen-bond acceptors (Lipinski definition) is 6. The van der Waals surface area contributed by atoms with Crippen LogP contribution in [0.25, 0.3) is 11.3 Å². The molecule has 8 nitrogen and oxygen atoms in total. The van der Waals surface area contributed by atoms with E-state index in [9.17, 15) is 14.0 Å². The van der Waals surface area contributed by atoms with Gasteiger partial charge in [-0.15, -0.1) is 6.58 Å². The van der Waals surface area contributed by atoms with Gasteiger partial charge in [-0.25, -0.2) is 9.18 Å². The third-order valence-corrected chi connectivity index (χ3v) is 8.55. The highest BCUT2D eigenvalue weighted by Crippen LogP contribution is 2.36. The van der Waals surface area contributed by atoms with Crippen molar-refractivity contribution in [3.05, 3.63) is 95.0 Å². The molecular formula is C33H36FN3O5. The number of halogens is 1. The van der Waals surface area contributed by atoms with Gasteiger partial charge in [-0.2, -0.15) is 0 Å². The summed E-state index contributed by atoms with van der Waals surface area (Å²) < 4.78 is 33.4. The molecule has 2 aromatic carbocycles. The lowest BCUT2D eigenvalue weighted by Gasteiger charge is -2.40. The molecule has 3 aliphatic rings. The normalized spacial score (nSPS) is 20.2. The number of benzene rings is 2. The van der Waals surface area contributed by atoms with Crippen molar-refractivity contribution < 1.29 is 28.2 Å². The van der Waals surface area contributed by atoms with Gasteiger partial charge in [-0.3, -0.25) is 9.69 Å². The Labute approximate surface area is 245 Å². The van der Waals surface area contributed by atoms with Gasteiger partial charge < -0.3 is 23.7 Å². The zero-order chi connectivity index (χ0) is 29.2. The Morgan fingerprint density at radius 2 is 1.86 bits per heavy atom. The van der Waals surface area contributed by atoms with Crippen LogP contribution in [0.4, 0.5) is 4.39 Å². The Balaban J connectivity index is 1.39. The first-order chi connectivity index (χ1) is 20.5. The molecule has 1 amide bonds. The number of methoxy groups -OCH3 is 1. The van der Waals surface area contributed by atoms with Gasteiger partial charge in [0, 0.05) is 62.0 Å². The van der Waals surface area contributed by atoms with E-state index in [2.05, 4.69) is 23.6 Å². The van der Waals surface area contributed by atoms with Crippen LogP contribution >= 0.6 is 0 Å². The number of ether oxygens (including phenoxy) is 3. The molecule has 1 fully saturated rings. The molecule has 3 aliphatic heterocycles. The first kappa shape index (κ1) is 28.3. The molecule has 4 heterocycles. The van der Waals surface area contributed by atoms with Gasteiger partial charge >= 0.3 is 5.97 Å². The van der Waals surface area contributed by atoms with Crippen LogP contribution < -0.4 is 0 Å². The molecule has 2 atom stereocenters. The van der Waals surface area contributed by atoms with Crippen molar-refractivity contribution >= 4 is 11.9 Å². The van der Waals surface area contributed by atoms with Crippen molar-refractivity contribution in [3.63, 3.8) is 0 Å². The van der Waals surface area contributed by atoms with E-state index in [-0.39, 0.29) is 18.1 Å². The first-order valence-corrected chi connectivity index (χ1v) is 14.5. The lowest BCUT2D eigenvalue weighted by atomic mass is 9.92. The SMILES string of the molecule is C=CCO[C@@H]1Cc2c(C(=O)OC)cc(-c3cc(F)ccc3C(=O)N3Cc4ccccc4C[C@H]3CN3CCOCC3)n2C1.